The van der Waals surface area contributed by atoms with E-state index in [1.807, 2.05) is 20.8 Å². The van der Waals surface area contributed by atoms with E-state index in [4.69, 9.17) is 14.2 Å². The Morgan fingerprint density at radius 1 is 1.40 bits per heavy atom. The van der Waals surface area contributed by atoms with Crippen molar-refractivity contribution in [2.24, 2.45) is 0 Å². The topological polar surface area (TPSA) is 48.0 Å². The van der Waals surface area contributed by atoms with Crippen LogP contribution < -0.4 is 0 Å². The minimum absolute atomic E-state index is 0.0808. The first-order valence-electron chi connectivity index (χ1n) is 7.77. The number of esters is 1. The van der Waals surface area contributed by atoms with Crippen molar-refractivity contribution in [2.75, 3.05) is 13.2 Å². The van der Waals surface area contributed by atoms with Crippen LogP contribution >= 0.6 is 0 Å². The molecule has 0 radical (unpaired) electrons. The van der Waals surface area contributed by atoms with E-state index >= 15 is 0 Å². The molecular formula is C15H25NO4. The highest BCUT2D eigenvalue weighted by Crippen LogP contribution is 2.41. The lowest BCUT2D eigenvalue weighted by molar-refractivity contribution is -0.284. The predicted molar refractivity (Wildman–Crippen MR) is 73.2 cm³/mol. The van der Waals surface area contributed by atoms with Gasteiger partial charge in [-0.25, -0.2) is 0 Å². The highest BCUT2D eigenvalue weighted by molar-refractivity contribution is 5.76. The molecule has 114 valence electrons. The average Bonchev–Trinajstić information content (AvgIpc) is 2.74. The summed E-state index contributed by atoms with van der Waals surface area (Å²) in [6.45, 7) is 6.87. The lowest BCUT2D eigenvalue weighted by atomic mass is 9.96. The van der Waals surface area contributed by atoms with Crippen LogP contribution in [0.25, 0.3) is 0 Å². The molecule has 0 amide bonds. The van der Waals surface area contributed by atoms with E-state index in [0.717, 1.165) is 25.7 Å². The van der Waals surface area contributed by atoms with Gasteiger partial charge in [-0.15, -0.1) is 0 Å². The maximum atomic E-state index is 12.2. The van der Waals surface area contributed by atoms with Crippen LogP contribution in [-0.2, 0) is 19.0 Å². The van der Waals surface area contributed by atoms with Gasteiger partial charge in [0, 0.05) is 6.04 Å². The summed E-state index contributed by atoms with van der Waals surface area (Å²) in [7, 11) is 0. The summed E-state index contributed by atoms with van der Waals surface area (Å²) in [5.74, 6) is -0.586. The molecule has 0 N–H and O–H groups in total. The molecule has 0 bridgehead atoms. The number of hydrogen-bond acceptors (Lipinski definition) is 5. The van der Waals surface area contributed by atoms with Crippen molar-refractivity contribution in [3.05, 3.63) is 0 Å². The van der Waals surface area contributed by atoms with Gasteiger partial charge in [0.15, 0.2) is 5.79 Å². The third-order valence-electron chi connectivity index (χ3n) is 4.71. The first-order chi connectivity index (χ1) is 9.52. The van der Waals surface area contributed by atoms with Crippen molar-refractivity contribution >= 4 is 5.97 Å². The molecule has 0 aromatic heterocycles. The fourth-order valence-corrected chi connectivity index (χ4v) is 3.94. The Balaban J connectivity index is 1.77. The molecular weight excluding hydrogens is 258 g/mol. The summed E-state index contributed by atoms with van der Waals surface area (Å²) in [4.78, 5) is 14.5. The standard InChI is InChI=1S/C15H25NO4/c1-4-18-14(17)11-7-5-6-10-8-13-12(16(10)11)9-19-15(2,3)20-13/h10-13H,4-9H2,1-3H3/t10-,11-,12+,13-/m1/s1. The van der Waals surface area contributed by atoms with Gasteiger partial charge in [-0.3, -0.25) is 9.69 Å². The average molecular weight is 283 g/mol. The van der Waals surface area contributed by atoms with Crippen LogP contribution in [0.4, 0.5) is 0 Å². The number of rotatable bonds is 2. The molecule has 0 aliphatic carbocycles. The predicted octanol–water partition coefficient (Wildman–Crippen LogP) is 1.70. The smallest absolute Gasteiger partial charge is 0.323 e. The fraction of sp³-hybridized carbons (Fsp3) is 0.933. The van der Waals surface area contributed by atoms with Gasteiger partial charge < -0.3 is 14.2 Å². The summed E-state index contributed by atoms with van der Waals surface area (Å²) < 4.78 is 17.1. The molecule has 0 unspecified atom stereocenters. The zero-order valence-corrected chi connectivity index (χ0v) is 12.6. The lowest BCUT2D eigenvalue weighted by Gasteiger charge is -2.44. The number of piperidine rings is 1. The molecule has 5 nitrogen and oxygen atoms in total. The van der Waals surface area contributed by atoms with Crippen molar-refractivity contribution in [3.63, 3.8) is 0 Å². The summed E-state index contributed by atoms with van der Waals surface area (Å²) in [5.41, 5.74) is 0. The molecule has 20 heavy (non-hydrogen) atoms. The first-order valence-corrected chi connectivity index (χ1v) is 7.77. The highest BCUT2D eigenvalue weighted by Gasteiger charge is 2.52. The molecule has 3 saturated heterocycles. The molecule has 4 atom stereocenters. The van der Waals surface area contributed by atoms with Gasteiger partial charge in [0.1, 0.15) is 6.04 Å². The second-order valence-corrected chi connectivity index (χ2v) is 6.47. The van der Waals surface area contributed by atoms with Crippen LogP contribution in [0.1, 0.15) is 46.5 Å². The van der Waals surface area contributed by atoms with Crippen LogP contribution in [0.15, 0.2) is 0 Å². The number of carbonyl (C=O) groups is 1. The van der Waals surface area contributed by atoms with Gasteiger partial charge in [-0.2, -0.15) is 0 Å². The molecule has 0 saturated carbocycles. The summed E-state index contributed by atoms with van der Waals surface area (Å²) >= 11 is 0. The summed E-state index contributed by atoms with van der Waals surface area (Å²) in [6, 6.07) is 0.519. The Kier molecular flexibility index (Phi) is 3.77. The Hall–Kier alpha value is -0.650. The first kappa shape index (κ1) is 14.3. The molecule has 3 aliphatic rings. The fourth-order valence-electron chi connectivity index (χ4n) is 3.94. The maximum absolute atomic E-state index is 12.2. The number of ether oxygens (including phenoxy) is 3. The molecule has 0 aromatic carbocycles. The SMILES string of the molecule is CCOC(=O)[C@H]1CCC[C@@H]2C[C@H]3OC(C)(C)OC[C@@H]3N21. The van der Waals surface area contributed by atoms with Gasteiger partial charge >= 0.3 is 5.97 Å². The second kappa shape index (κ2) is 5.28. The lowest BCUT2D eigenvalue weighted by Crippen LogP contribution is -2.57. The molecule has 3 fully saturated rings. The largest absolute Gasteiger partial charge is 0.465 e. The van der Waals surface area contributed by atoms with Gasteiger partial charge in [0.2, 0.25) is 0 Å². The molecule has 3 heterocycles. The zero-order chi connectivity index (χ0) is 14.3. The van der Waals surface area contributed by atoms with E-state index in [1.54, 1.807) is 0 Å². The van der Waals surface area contributed by atoms with E-state index in [1.165, 1.54) is 0 Å². The second-order valence-electron chi connectivity index (χ2n) is 6.47. The van der Waals surface area contributed by atoms with Crippen molar-refractivity contribution in [2.45, 2.75) is 76.5 Å². The van der Waals surface area contributed by atoms with Crippen molar-refractivity contribution in [1.82, 2.24) is 4.90 Å². The van der Waals surface area contributed by atoms with Crippen LogP contribution in [-0.4, -0.2) is 54.1 Å². The van der Waals surface area contributed by atoms with E-state index in [2.05, 4.69) is 4.90 Å². The van der Waals surface area contributed by atoms with E-state index in [-0.39, 0.29) is 24.2 Å². The number of fused-ring (bicyclic) bond motifs is 3. The van der Waals surface area contributed by atoms with E-state index < -0.39 is 5.79 Å². The van der Waals surface area contributed by atoms with Gasteiger partial charge in [-0.05, 0) is 46.5 Å². The normalized spacial score (nSPS) is 40.0. The monoisotopic (exact) mass is 283 g/mol. The van der Waals surface area contributed by atoms with E-state index in [0.29, 0.717) is 19.3 Å². The maximum Gasteiger partial charge on any atom is 0.323 e. The number of carbonyl (C=O) groups excluding carboxylic acids is 1. The van der Waals surface area contributed by atoms with Crippen molar-refractivity contribution in [3.8, 4) is 0 Å². The third kappa shape index (κ3) is 2.47. The summed E-state index contributed by atoms with van der Waals surface area (Å²) in [6.07, 6.45) is 4.31. The Morgan fingerprint density at radius 3 is 2.95 bits per heavy atom. The number of hydrogen-bond donors (Lipinski definition) is 0. The van der Waals surface area contributed by atoms with Crippen LogP contribution in [0.2, 0.25) is 0 Å². The summed E-state index contributed by atoms with van der Waals surface area (Å²) in [5, 5.41) is 0. The van der Waals surface area contributed by atoms with Gasteiger partial charge in [0.25, 0.3) is 0 Å². The third-order valence-corrected chi connectivity index (χ3v) is 4.71. The van der Waals surface area contributed by atoms with Gasteiger partial charge in [0.05, 0.1) is 25.4 Å². The molecule has 5 heteroatoms. The Bertz CT molecular complexity index is 384. The Labute approximate surface area is 120 Å². The van der Waals surface area contributed by atoms with Crippen LogP contribution in [0.5, 0.6) is 0 Å². The number of nitrogens with zero attached hydrogens (tertiary/aromatic N) is 1. The molecule has 3 aliphatic heterocycles. The molecule has 3 rings (SSSR count). The molecule has 0 spiro atoms. The van der Waals surface area contributed by atoms with Crippen molar-refractivity contribution < 1.29 is 19.0 Å². The minimum atomic E-state index is -0.505. The van der Waals surface area contributed by atoms with Crippen LogP contribution in [0.3, 0.4) is 0 Å². The highest BCUT2D eigenvalue weighted by atomic mass is 16.7. The van der Waals surface area contributed by atoms with Crippen LogP contribution in [0, 0.1) is 0 Å². The Morgan fingerprint density at radius 2 is 2.20 bits per heavy atom. The van der Waals surface area contributed by atoms with Gasteiger partial charge in [-0.1, -0.05) is 0 Å². The van der Waals surface area contributed by atoms with E-state index in [9.17, 15) is 4.79 Å². The molecule has 0 aromatic rings. The quantitative estimate of drug-likeness (QED) is 0.722. The zero-order valence-electron chi connectivity index (χ0n) is 12.6. The van der Waals surface area contributed by atoms with Crippen molar-refractivity contribution in [1.29, 1.82) is 0 Å². The minimum Gasteiger partial charge on any atom is -0.465 e.